The fourth-order valence-electron chi connectivity index (χ4n) is 3.85. The lowest BCUT2D eigenvalue weighted by Crippen LogP contribution is -2.52. The number of ether oxygens (including phenoxy) is 1. The van der Waals surface area contributed by atoms with E-state index in [1.807, 2.05) is 18.2 Å². The monoisotopic (exact) mass is 418 g/mol. The number of carbonyl (C=O) groups excluding carboxylic acids is 1. The van der Waals surface area contributed by atoms with E-state index in [4.69, 9.17) is 26.8 Å². The maximum Gasteiger partial charge on any atom is 0.279 e. The first-order chi connectivity index (χ1) is 12.8. The van der Waals surface area contributed by atoms with Gasteiger partial charge in [0.05, 0.1) is 17.8 Å². The van der Waals surface area contributed by atoms with Crippen molar-refractivity contribution in [2.24, 2.45) is 5.92 Å². The third kappa shape index (κ3) is 4.44. The maximum absolute atomic E-state index is 13.1. The van der Waals surface area contributed by atoms with Crippen LogP contribution in [-0.4, -0.2) is 65.8 Å². The molecule has 0 aliphatic carbocycles. The summed E-state index contributed by atoms with van der Waals surface area (Å²) >= 11 is 6.04. The van der Waals surface area contributed by atoms with Crippen molar-refractivity contribution in [2.45, 2.75) is 30.4 Å². The molecule has 10 heteroatoms. The molecule has 2 atom stereocenters. The molecule has 2 aliphatic heterocycles. The van der Waals surface area contributed by atoms with Crippen molar-refractivity contribution < 1.29 is 28.4 Å². The van der Waals surface area contributed by atoms with Crippen molar-refractivity contribution in [1.29, 1.82) is 0 Å². The molecule has 2 N–H and O–H groups in total. The van der Waals surface area contributed by atoms with E-state index in [1.54, 1.807) is 6.07 Å². The van der Waals surface area contributed by atoms with Gasteiger partial charge in [0.2, 0.25) is 10.0 Å². The summed E-state index contributed by atoms with van der Waals surface area (Å²) in [5.74, 6) is -1.98. The molecule has 2 fully saturated rings. The molecule has 0 saturated carbocycles. The topological polar surface area (TPSA) is 107 Å². The van der Waals surface area contributed by atoms with E-state index in [0.717, 1.165) is 5.56 Å². The van der Waals surface area contributed by atoms with Crippen LogP contribution in [0.15, 0.2) is 24.3 Å². The number of carbonyl (C=O) groups is 1. The molecule has 2 aliphatic rings. The van der Waals surface area contributed by atoms with Crippen LogP contribution in [0, 0.1) is 5.92 Å². The molecule has 1 amide bonds. The fraction of sp³-hybridized carbons (Fsp3) is 0.588. The summed E-state index contributed by atoms with van der Waals surface area (Å²) in [5.41, 5.74) is 1.09. The summed E-state index contributed by atoms with van der Waals surface area (Å²) < 4.78 is 32.8. The first kappa shape index (κ1) is 20.5. The van der Waals surface area contributed by atoms with Crippen LogP contribution in [0.2, 0.25) is 5.02 Å². The third-order valence-electron chi connectivity index (χ3n) is 5.32. The van der Waals surface area contributed by atoms with E-state index in [-0.39, 0.29) is 25.6 Å². The van der Waals surface area contributed by atoms with Gasteiger partial charge in [-0.1, -0.05) is 29.0 Å². The molecule has 2 saturated heterocycles. The molecule has 0 spiro atoms. The fourth-order valence-corrected chi connectivity index (χ4v) is 6.15. The van der Waals surface area contributed by atoms with Crippen molar-refractivity contribution in [1.82, 2.24) is 9.53 Å². The zero-order valence-electron chi connectivity index (χ0n) is 14.7. The van der Waals surface area contributed by atoms with Crippen molar-refractivity contribution in [3.63, 3.8) is 0 Å². The Morgan fingerprint density at radius 1 is 1.22 bits per heavy atom. The smallest absolute Gasteiger partial charge is 0.279 e. The Kier molecular flexibility index (Phi) is 6.39. The van der Waals surface area contributed by atoms with Crippen LogP contribution in [0.4, 0.5) is 0 Å². The maximum atomic E-state index is 13.1. The van der Waals surface area contributed by atoms with Gasteiger partial charge in [0.25, 0.3) is 5.91 Å². The third-order valence-corrected chi connectivity index (χ3v) is 7.97. The van der Waals surface area contributed by atoms with E-state index in [2.05, 4.69) is 0 Å². The van der Waals surface area contributed by atoms with Gasteiger partial charge >= 0.3 is 0 Å². The molecular weight excluding hydrogens is 396 g/mol. The number of hydrogen-bond donors (Lipinski definition) is 2. The number of hydrogen-bond acceptors (Lipinski definition) is 6. The van der Waals surface area contributed by atoms with Gasteiger partial charge in [-0.25, -0.2) is 12.7 Å². The van der Waals surface area contributed by atoms with Crippen LogP contribution in [-0.2, 0) is 19.6 Å². The molecule has 8 nitrogen and oxygen atoms in total. The number of rotatable bonds is 4. The highest BCUT2D eigenvalue weighted by Gasteiger charge is 2.45. The van der Waals surface area contributed by atoms with Crippen molar-refractivity contribution >= 4 is 27.5 Å². The first-order valence-electron chi connectivity index (χ1n) is 8.84. The average Bonchev–Trinajstić information content (AvgIpc) is 2.67. The zero-order valence-corrected chi connectivity index (χ0v) is 16.3. The minimum atomic E-state index is -3.77. The summed E-state index contributed by atoms with van der Waals surface area (Å²) in [6, 6.07) is 7.58. The average molecular weight is 419 g/mol. The van der Waals surface area contributed by atoms with E-state index < -0.39 is 32.3 Å². The van der Waals surface area contributed by atoms with Crippen LogP contribution < -0.4 is 0 Å². The standard InChI is InChI=1S/C17H23ClN2O6S/c18-14-3-1-2-13(10-14)12-4-7-19(8-5-12)27(24,25)16-6-9-26-11-15(16)17(21)20(22)23/h1-3,10,12,15-16,22-23H,4-9,11H2. The summed E-state index contributed by atoms with van der Waals surface area (Å²) in [6.07, 6.45) is 1.46. The van der Waals surface area contributed by atoms with Crippen molar-refractivity contribution in [3.8, 4) is 0 Å². The Hall–Kier alpha value is -1.23. The molecular formula is C17H23ClN2O6S. The number of amides is 1. The number of halogens is 1. The van der Waals surface area contributed by atoms with Gasteiger partial charge in [-0.3, -0.25) is 15.2 Å². The highest BCUT2D eigenvalue weighted by Crippen LogP contribution is 2.33. The first-order valence-corrected chi connectivity index (χ1v) is 10.7. The molecule has 0 bridgehead atoms. The second-order valence-electron chi connectivity index (χ2n) is 6.91. The summed E-state index contributed by atoms with van der Waals surface area (Å²) in [7, 11) is -3.77. The Bertz CT molecular complexity index is 779. The van der Waals surface area contributed by atoms with E-state index in [9.17, 15) is 13.2 Å². The van der Waals surface area contributed by atoms with Crippen LogP contribution in [0.5, 0.6) is 0 Å². The normalized spacial score (nSPS) is 25.3. The highest BCUT2D eigenvalue weighted by atomic mass is 35.5. The lowest BCUT2D eigenvalue weighted by Gasteiger charge is -2.37. The van der Waals surface area contributed by atoms with Gasteiger partial charge < -0.3 is 4.74 Å². The SMILES string of the molecule is O=C(C1COCCC1S(=O)(=O)N1CCC(c2cccc(Cl)c2)CC1)N(O)O. The molecule has 0 aromatic heterocycles. The lowest BCUT2D eigenvalue weighted by atomic mass is 9.90. The molecule has 3 rings (SSSR count). The molecule has 2 unspecified atom stereocenters. The van der Waals surface area contributed by atoms with E-state index in [0.29, 0.717) is 31.0 Å². The Morgan fingerprint density at radius 2 is 1.93 bits per heavy atom. The van der Waals surface area contributed by atoms with Crippen molar-refractivity contribution in [3.05, 3.63) is 34.9 Å². The van der Waals surface area contributed by atoms with Gasteiger partial charge in [0.15, 0.2) is 0 Å². The summed E-state index contributed by atoms with van der Waals surface area (Å²) in [4.78, 5) is 12.0. The minimum Gasteiger partial charge on any atom is -0.381 e. The van der Waals surface area contributed by atoms with Gasteiger partial charge in [0, 0.05) is 24.7 Å². The van der Waals surface area contributed by atoms with Crippen LogP contribution in [0.3, 0.4) is 0 Å². The molecule has 1 aromatic rings. The second-order valence-corrected chi connectivity index (χ2v) is 9.50. The van der Waals surface area contributed by atoms with Crippen molar-refractivity contribution in [2.75, 3.05) is 26.3 Å². The van der Waals surface area contributed by atoms with E-state index >= 15 is 0 Å². The van der Waals surface area contributed by atoms with Crippen LogP contribution in [0.1, 0.15) is 30.7 Å². The zero-order chi connectivity index (χ0) is 19.6. The van der Waals surface area contributed by atoms with Gasteiger partial charge in [-0.2, -0.15) is 0 Å². The second kappa shape index (κ2) is 8.42. The molecule has 27 heavy (non-hydrogen) atoms. The summed E-state index contributed by atoms with van der Waals surface area (Å²) in [6.45, 7) is 0.752. The Balaban J connectivity index is 1.71. The van der Waals surface area contributed by atoms with Crippen LogP contribution in [0.25, 0.3) is 0 Å². The molecule has 2 heterocycles. The highest BCUT2D eigenvalue weighted by molar-refractivity contribution is 7.89. The number of sulfonamides is 1. The lowest BCUT2D eigenvalue weighted by molar-refractivity contribution is -0.289. The number of hydroxylamine groups is 2. The molecule has 1 aromatic carbocycles. The number of piperidine rings is 1. The predicted octanol–water partition coefficient (Wildman–Crippen LogP) is 1.86. The largest absolute Gasteiger partial charge is 0.381 e. The quantitative estimate of drug-likeness (QED) is 0.570. The Labute approximate surface area is 163 Å². The van der Waals surface area contributed by atoms with E-state index in [1.165, 1.54) is 4.31 Å². The minimum absolute atomic E-state index is 0.140. The molecule has 150 valence electrons. The summed E-state index contributed by atoms with van der Waals surface area (Å²) in [5, 5.41) is 17.1. The number of nitrogens with zero attached hydrogens (tertiary/aromatic N) is 2. The van der Waals surface area contributed by atoms with Crippen LogP contribution >= 0.6 is 11.6 Å². The Morgan fingerprint density at radius 3 is 2.56 bits per heavy atom. The van der Waals surface area contributed by atoms with Gasteiger partial charge in [0.1, 0.15) is 0 Å². The van der Waals surface area contributed by atoms with Gasteiger partial charge in [-0.05, 0) is 42.9 Å². The number of benzene rings is 1. The van der Waals surface area contributed by atoms with Gasteiger partial charge in [-0.15, -0.1) is 0 Å². The predicted molar refractivity (Wildman–Crippen MR) is 97.1 cm³/mol. The molecule has 0 radical (unpaired) electrons.